The van der Waals surface area contributed by atoms with Crippen LogP contribution in [0.4, 0.5) is 5.13 Å². The van der Waals surface area contributed by atoms with Crippen molar-refractivity contribution in [3.8, 4) is 0 Å². The quantitative estimate of drug-likeness (QED) is 0.894. The van der Waals surface area contributed by atoms with E-state index in [4.69, 9.17) is 0 Å². The molecule has 1 saturated heterocycles. The molecule has 0 saturated carbocycles. The summed E-state index contributed by atoms with van der Waals surface area (Å²) in [6.45, 7) is 8.03. The normalized spacial score (nSPS) is 20.4. The fraction of sp³-hybridized carbons (Fsp3) is 0.769. The van der Waals surface area contributed by atoms with E-state index in [2.05, 4.69) is 41.5 Å². The van der Waals surface area contributed by atoms with Gasteiger partial charge in [0.1, 0.15) is 0 Å². The number of aromatic nitrogens is 1. The number of nitrogens with one attached hydrogen (secondary N) is 1. The molecule has 1 aromatic rings. The zero-order valence-electron chi connectivity index (χ0n) is 11.1. The van der Waals surface area contributed by atoms with E-state index in [1.807, 2.05) is 0 Å². The highest BCUT2D eigenvalue weighted by Gasteiger charge is 2.28. The highest BCUT2D eigenvalue weighted by atomic mass is 32.1. The minimum absolute atomic E-state index is 0.435. The summed E-state index contributed by atoms with van der Waals surface area (Å²) in [6, 6.07) is 0. The highest BCUT2D eigenvalue weighted by Crippen LogP contribution is 2.31. The second-order valence-corrected chi connectivity index (χ2v) is 6.32. The number of aryl methyl sites for hydroxylation is 1. The number of thiazole rings is 1. The Morgan fingerprint density at radius 3 is 2.76 bits per heavy atom. The Morgan fingerprint density at radius 2 is 2.18 bits per heavy atom. The third-order valence-electron chi connectivity index (χ3n) is 3.77. The molecule has 1 N–H and O–H groups in total. The average Bonchev–Trinajstić information content (AvgIpc) is 2.79. The van der Waals surface area contributed by atoms with Crippen LogP contribution >= 0.6 is 11.3 Å². The molecule has 17 heavy (non-hydrogen) atoms. The lowest BCUT2D eigenvalue weighted by Crippen LogP contribution is -2.40. The van der Waals surface area contributed by atoms with Crippen LogP contribution in [0.2, 0.25) is 0 Å². The number of nitrogens with zero attached hydrogens (tertiary/aromatic N) is 2. The second-order valence-electron chi connectivity index (χ2n) is 5.47. The van der Waals surface area contributed by atoms with Gasteiger partial charge in [0.15, 0.2) is 5.13 Å². The van der Waals surface area contributed by atoms with E-state index in [9.17, 15) is 0 Å². The van der Waals surface area contributed by atoms with E-state index in [-0.39, 0.29) is 0 Å². The van der Waals surface area contributed by atoms with E-state index < -0.39 is 0 Å². The van der Waals surface area contributed by atoms with Crippen LogP contribution in [0, 0.1) is 5.41 Å². The van der Waals surface area contributed by atoms with E-state index in [1.165, 1.54) is 31.6 Å². The van der Waals surface area contributed by atoms with Crippen molar-refractivity contribution in [2.75, 3.05) is 32.0 Å². The Balaban J connectivity index is 1.84. The van der Waals surface area contributed by atoms with Gasteiger partial charge in [0, 0.05) is 11.9 Å². The molecular weight excluding hydrogens is 230 g/mol. The summed E-state index contributed by atoms with van der Waals surface area (Å²) in [6.07, 6.45) is 3.59. The Bertz CT molecular complexity index is 353. The van der Waals surface area contributed by atoms with Gasteiger partial charge in [0.25, 0.3) is 0 Å². The summed E-state index contributed by atoms with van der Waals surface area (Å²) in [5.74, 6) is 0. The smallest absolute Gasteiger partial charge is 0.182 e. The summed E-state index contributed by atoms with van der Waals surface area (Å²) in [5.41, 5.74) is 1.64. The van der Waals surface area contributed by atoms with Crippen molar-refractivity contribution in [2.45, 2.75) is 33.1 Å². The minimum atomic E-state index is 0.435. The van der Waals surface area contributed by atoms with Crippen molar-refractivity contribution >= 4 is 16.5 Å². The Morgan fingerprint density at radius 1 is 1.47 bits per heavy atom. The molecule has 3 nitrogen and oxygen atoms in total. The standard InChI is InChI=1S/C13H23N3S/c1-4-11-9-17-12(15-11)14-10-13(2)5-7-16(3)8-6-13/h9H,4-8,10H2,1-3H3,(H,14,15). The SMILES string of the molecule is CCc1csc(NCC2(C)CCN(C)CC2)n1. The van der Waals surface area contributed by atoms with Crippen molar-refractivity contribution in [1.29, 1.82) is 0 Å². The maximum absolute atomic E-state index is 4.56. The lowest BCUT2D eigenvalue weighted by molar-refractivity contribution is 0.150. The molecule has 1 fully saturated rings. The average molecular weight is 253 g/mol. The lowest BCUT2D eigenvalue weighted by atomic mass is 9.80. The zero-order chi connectivity index (χ0) is 12.3. The van der Waals surface area contributed by atoms with Gasteiger partial charge in [-0.3, -0.25) is 0 Å². The van der Waals surface area contributed by atoms with Gasteiger partial charge in [-0.2, -0.15) is 0 Å². The molecule has 0 aliphatic carbocycles. The zero-order valence-corrected chi connectivity index (χ0v) is 11.9. The largest absolute Gasteiger partial charge is 0.361 e. The van der Waals surface area contributed by atoms with Crippen LogP contribution in [-0.4, -0.2) is 36.6 Å². The van der Waals surface area contributed by atoms with Crippen molar-refractivity contribution in [3.05, 3.63) is 11.1 Å². The van der Waals surface area contributed by atoms with Gasteiger partial charge in [-0.15, -0.1) is 11.3 Å². The Labute approximate surface area is 108 Å². The minimum Gasteiger partial charge on any atom is -0.361 e. The molecule has 1 aromatic heterocycles. The monoisotopic (exact) mass is 253 g/mol. The molecular formula is C13H23N3S. The predicted molar refractivity (Wildman–Crippen MR) is 74.8 cm³/mol. The van der Waals surface area contributed by atoms with Crippen LogP contribution in [0.1, 0.15) is 32.4 Å². The molecule has 0 atom stereocenters. The third-order valence-corrected chi connectivity index (χ3v) is 4.62. The number of anilines is 1. The number of rotatable bonds is 4. The van der Waals surface area contributed by atoms with Gasteiger partial charge in [-0.25, -0.2) is 4.98 Å². The van der Waals surface area contributed by atoms with Crippen LogP contribution in [-0.2, 0) is 6.42 Å². The molecule has 0 aromatic carbocycles. The van der Waals surface area contributed by atoms with Gasteiger partial charge < -0.3 is 10.2 Å². The van der Waals surface area contributed by atoms with Gasteiger partial charge in [-0.05, 0) is 44.8 Å². The van der Waals surface area contributed by atoms with E-state index in [0.29, 0.717) is 5.41 Å². The molecule has 96 valence electrons. The molecule has 0 unspecified atom stereocenters. The van der Waals surface area contributed by atoms with Crippen molar-refractivity contribution < 1.29 is 0 Å². The first kappa shape index (κ1) is 12.8. The summed E-state index contributed by atoms with van der Waals surface area (Å²) in [4.78, 5) is 6.97. The van der Waals surface area contributed by atoms with Gasteiger partial charge >= 0.3 is 0 Å². The predicted octanol–water partition coefficient (Wildman–Crippen LogP) is 2.85. The summed E-state index contributed by atoms with van der Waals surface area (Å²) in [7, 11) is 2.21. The van der Waals surface area contributed by atoms with E-state index in [1.54, 1.807) is 11.3 Å². The number of likely N-dealkylation sites (tertiary alicyclic amines) is 1. The summed E-state index contributed by atoms with van der Waals surface area (Å²) in [5, 5.41) is 6.75. The summed E-state index contributed by atoms with van der Waals surface area (Å²) < 4.78 is 0. The number of piperidine rings is 1. The van der Waals surface area contributed by atoms with Crippen LogP contribution in [0.15, 0.2) is 5.38 Å². The van der Waals surface area contributed by atoms with Gasteiger partial charge in [-0.1, -0.05) is 13.8 Å². The second kappa shape index (κ2) is 5.36. The van der Waals surface area contributed by atoms with Crippen molar-refractivity contribution in [2.24, 2.45) is 5.41 Å². The molecule has 1 aliphatic rings. The maximum atomic E-state index is 4.56. The first-order valence-corrected chi connectivity index (χ1v) is 7.36. The van der Waals surface area contributed by atoms with Crippen molar-refractivity contribution in [3.63, 3.8) is 0 Å². The first-order valence-electron chi connectivity index (χ1n) is 6.48. The maximum Gasteiger partial charge on any atom is 0.182 e. The molecule has 0 amide bonds. The Hall–Kier alpha value is -0.610. The molecule has 0 radical (unpaired) electrons. The topological polar surface area (TPSA) is 28.2 Å². The molecule has 2 rings (SSSR count). The molecule has 2 heterocycles. The third kappa shape index (κ3) is 3.42. The van der Waals surface area contributed by atoms with Gasteiger partial charge in [0.05, 0.1) is 5.69 Å². The van der Waals surface area contributed by atoms with Crippen LogP contribution in [0.3, 0.4) is 0 Å². The number of hydrogen-bond acceptors (Lipinski definition) is 4. The lowest BCUT2D eigenvalue weighted by Gasteiger charge is -2.37. The van der Waals surface area contributed by atoms with E-state index >= 15 is 0 Å². The molecule has 0 spiro atoms. The fourth-order valence-electron chi connectivity index (χ4n) is 2.17. The van der Waals surface area contributed by atoms with E-state index in [0.717, 1.165) is 18.1 Å². The number of hydrogen-bond donors (Lipinski definition) is 1. The van der Waals surface area contributed by atoms with Gasteiger partial charge in [0.2, 0.25) is 0 Å². The fourth-order valence-corrected chi connectivity index (χ4v) is 2.97. The highest BCUT2D eigenvalue weighted by molar-refractivity contribution is 7.13. The first-order chi connectivity index (χ1) is 8.11. The van der Waals surface area contributed by atoms with Crippen molar-refractivity contribution in [1.82, 2.24) is 9.88 Å². The molecule has 0 bridgehead atoms. The van der Waals surface area contributed by atoms with Crippen LogP contribution in [0.25, 0.3) is 0 Å². The van der Waals surface area contributed by atoms with Crippen LogP contribution in [0.5, 0.6) is 0 Å². The summed E-state index contributed by atoms with van der Waals surface area (Å²) >= 11 is 1.73. The van der Waals surface area contributed by atoms with Crippen LogP contribution < -0.4 is 5.32 Å². The molecule has 4 heteroatoms. The molecule has 1 aliphatic heterocycles. The Kier molecular flexibility index (Phi) is 4.05.